The van der Waals surface area contributed by atoms with Gasteiger partial charge in [-0.15, -0.1) is 34.4 Å². The fraction of sp³-hybridized carbons (Fsp3) is 0.111. The Kier molecular flexibility index (Phi) is 27.9. The van der Waals surface area contributed by atoms with Crippen molar-refractivity contribution in [2.24, 2.45) is 0 Å². The van der Waals surface area contributed by atoms with Gasteiger partial charge in [0.25, 0.3) is 0 Å². The van der Waals surface area contributed by atoms with Crippen LogP contribution in [0.5, 0.6) is 0 Å². The maximum absolute atomic E-state index is 10.1. The predicted octanol–water partition coefficient (Wildman–Crippen LogP) is 4.56. The van der Waals surface area contributed by atoms with Gasteiger partial charge in [0.05, 0.1) is 8.52 Å². The van der Waals surface area contributed by atoms with Crippen molar-refractivity contribution in [2.45, 2.75) is 7.43 Å². The Balaban J connectivity index is -0.000000152. The molecule has 3 heterocycles. The van der Waals surface area contributed by atoms with Crippen molar-refractivity contribution in [1.82, 2.24) is 15.0 Å². The molecule has 0 spiro atoms. The zero-order valence-electron chi connectivity index (χ0n) is 15.5. The van der Waals surface area contributed by atoms with Crippen LogP contribution in [0.15, 0.2) is 73.0 Å². The summed E-state index contributed by atoms with van der Waals surface area (Å²) < 4.78 is 18.7. The number of carbonyl (C=O) groups is 1. The third kappa shape index (κ3) is 20.9. The van der Waals surface area contributed by atoms with E-state index in [9.17, 15) is 9.18 Å². The molecule has 0 atom stereocenters. The van der Waals surface area contributed by atoms with Crippen molar-refractivity contribution in [3.8, 4) is 0 Å². The van der Waals surface area contributed by atoms with Crippen LogP contribution in [0.3, 0.4) is 0 Å². The summed E-state index contributed by atoms with van der Waals surface area (Å²) in [6.45, 7) is 0. The van der Waals surface area contributed by atoms with E-state index in [4.69, 9.17) is 1.37 Å². The molecule has 3 aromatic heterocycles. The molecule has 0 radical (unpaired) electrons. The van der Waals surface area contributed by atoms with E-state index in [1.54, 1.807) is 24.3 Å². The zero-order chi connectivity index (χ0) is 20.5. The van der Waals surface area contributed by atoms with Crippen LogP contribution < -0.4 is 18.9 Å². The van der Waals surface area contributed by atoms with E-state index in [-0.39, 0.29) is 38.7 Å². The number of hydrogen-bond donors (Lipinski definition) is 0. The Morgan fingerprint density at radius 2 is 1.38 bits per heavy atom. The van der Waals surface area contributed by atoms with Crippen LogP contribution in [0.1, 0.15) is 19.3 Å². The van der Waals surface area contributed by atoms with Crippen LogP contribution in [0.2, 0.25) is 0 Å². The van der Waals surface area contributed by atoms with E-state index < -0.39 is 7.15 Å². The van der Waals surface area contributed by atoms with E-state index in [0.717, 1.165) is 13.8 Å². The summed E-state index contributed by atoms with van der Waals surface area (Å²) in [5, 5.41) is 0. The van der Waals surface area contributed by atoms with E-state index in [1.807, 2.05) is 30.3 Å². The number of pyridine rings is 3. The quantitative estimate of drug-likeness (QED) is 0.165. The molecule has 3 rings (SSSR count). The van der Waals surface area contributed by atoms with E-state index in [0.29, 0.717) is 16.6 Å². The van der Waals surface area contributed by atoms with Gasteiger partial charge in [-0.1, -0.05) is 25.8 Å². The summed E-state index contributed by atoms with van der Waals surface area (Å²) in [7, 11) is -1.00. The summed E-state index contributed by atoms with van der Waals surface area (Å²) >= 11 is 12.7. The fourth-order valence-electron chi connectivity index (χ4n) is 1.18. The van der Waals surface area contributed by atoms with Crippen LogP contribution in [-0.2, 0) is 0 Å². The first-order valence-corrected chi connectivity index (χ1v) is 9.79. The number of alkyl halides is 1. The molecule has 0 aliphatic carbocycles. The van der Waals surface area contributed by atoms with Gasteiger partial charge < -0.3 is 4.98 Å². The molecule has 0 saturated carbocycles. The molecular formula is C18H18Br4ClFLiN3O. The Hall–Kier alpha value is -0.143. The first kappa shape index (κ1) is 33.5. The minimum absolute atomic E-state index is 0. The molecule has 11 heteroatoms. The minimum Gasteiger partial charge on any atom is -0.380 e. The SMILES string of the molecule is Brc1ccc[c-]n1.Brc1cccc(Br)n1.C.Cl.O=Cc1cccc(Br)n1.[2H]CF.[Li+]. The number of aldehydes is 1. The number of rotatable bonds is 1. The fourth-order valence-corrected chi connectivity index (χ4v) is 2.72. The molecule has 0 saturated heterocycles. The van der Waals surface area contributed by atoms with Gasteiger partial charge in [0.1, 0.15) is 19.5 Å². The second-order valence-electron chi connectivity index (χ2n) is 3.88. The minimum atomic E-state index is -1.00. The van der Waals surface area contributed by atoms with Crippen molar-refractivity contribution in [3.05, 3.63) is 84.9 Å². The summed E-state index contributed by atoms with van der Waals surface area (Å²) in [6, 6.07) is 16.3. The molecule has 0 aliphatic rings. The second-order valence-corrected chi connectivity index (χ2v) is 7.13. The summed E-state index contributed by atoms with van der Waals surface area (Å²) in [5.41, 5.74) is 0.448. The zero-order valence-corrected chi connectivity index (χ0v) is 21.7. The van der Waals surface area contributed by atoms with E-state index in [2.05, 4.69) is 84.9 Å². The third-order valence-electron chi connectivity index (χ3n) is 2.11. The average Bonchev–Trinajstić information content (AvgIpc) is 2.64. The topological polar surface area (TPSA) is 55.7 Å². The van der Waals surface area contributed by atoms with Gasteiger partial charge in [-0.25, -0.2) is 9.97 Å². The average molecular weight is 674 g/mol. The van der Waals surface area contributed by atoms with Gasteiger partial charge in [-0.3, -0.25) is 9.18 Å². The van der Waals surface area contributed by atoms with Crippen molar-refractivity contribution >= 4 is 82.4 Å². The molecule has 0 fully saturated rings. The smallest absolute Gasteiger partial charge is 0.380 e. The number of aromatic nitrogens is 3. The molecule has 29 heavy (non-hydrogen) atoms. The van der Waals surface area contributed by atoms with Gasteiger partial charge in [0.2, 0.25) is 0 Å². The van der Waals surface area contributed by atoms with Gasteiger partial charge in [0, 0.05) is 0 Å². The molecule has 154 valence electrons. The molecule has 3 aromatic rings. The van der Waals surface area contributed by atoms with E-state index in [1.165, 1.54) is 0 Å². The molecule has 0 unspecified atom stereocenters. The monoisotopic (exact) mass is 670 g/mol. The second kappa shape index (κ2) is 24.1. The normalized spacial score (nSPS) is 8.10. The first-order chi connectivity index (χ1) is 12.9. The molecule has 0 N–H and O–H groups in total. The van der Waals surface area contributed by atoms with Gasteiger partial charge >= 0.3 is 18.9 Å². The van der Waals surface area contributed by atoms with Crippen LogP contribution in [-0.4, -0.2) is 28.4 Å². The number of nitrogens with zero attached hydrogens (tertiary/aromatic N) is 3. The van der Waals surface area contributed by atoms with Crippen molar-refractivity contribution in [3.63, 3.8) is 0 Å². The van der Waals surface area contributed by atoms with Crippen LogP contribution in [0.4, 0.5) is 4.39 Å². The summed E-state index contributed by atoms with van der Waals surface area (Å²) in [5.74, 6) is 0. The Bertz CT molecular complexity index is 781. The van der Waals surface area contributed by atoms with Crippen LogP contribution in [0.25, 0.3) is 0 Å². The molecule has 0 aromatic carbocycles. The summed E-state index contributed by atoms with van der Waals surface area (Å²) in [4.78, 5) is 21.7. The molecule has 0 amide bonds. The van der Waals surface area contributed by atoms with Crippen molar-refractivity contribution in [2.75, 3.05) is 7.15 Å². The standard InChI is InChI=1S/C6H4BrNO.C5H3Br2N.C5H3BrN.CH3F.CH4.ClH.Li/c7-6-3-1-2-5(4-9)8-6;6-4-2-1-3-5(7)8-4;6-5-3-1-2-4-7-5;1-2;;;/h1-4H;1-3H;1-3H;1H3;1H4;1H;/q;;-1;;;;+1/i;;;1D;;;. The van der Waals surface area contributed by atoms with Gasteiger partial charge in [-0.05, 0) is 76.7 Å². The van der Waals surface area contributed by atoms with Crippen LogP contribution in [0, 0.1) is 6.20 Å². The van der Waals surface area contributed by atoms with Crippen molar-refractivity contribution < 1.29 is 29.4 Å². The Morgan fingerprint density at radius 3 is 1.62 bits per heavy atom. The molecule has 0 bridgehead atoms. The maximum atomic E-state index is 10.1. The van der Waals surface area contributed by atoms with E-state index >= 15 is 0 Å². The molecular weight excluding hydrogens is 655 g/mol. The first-order valence-electron chi connectivity index (χ1n) is 7.33. The number of halogens is 6. The number of carbonyl (C=O) groups excluding carboxylic acids is 1. The Morgan fingerprint density at radius 1 is 0.931 bits per heavy atom. The summed E-state index contributed by atoms with van der Waals surface area (Å²) in [6.07, 6.45) is 3.38. The maximum Gasteiger partial charge on any atom is 1.00 e. The molecule has 0 aliphatic heterocycles. The third-order valence-corrected chi connectivity index (χ3v) is 3.88. The largest absolute Gasteiger partial charge is 1.00 e. The van der Waals surface area contributed by atoms with Gasteiger partial charge in [-0.2, -0.15) is 12.1 Å². The van der Waals surface area contributed by atoms with Gasteiger partial charge in [0.15, 0.2) is 6.29 Å². The number of hydrogen-bond acceptors (Lipinski definition) is 4. The molecule has 4 nitrogen and oxygen atoms in total. The predicted molar refractivity (Wildman–Crippen MR) is 129 cm³/mol. The van der Waals surface area contributed by atoms with Crippen LogP contribution >= 0.6 is 76.1 Å². The Labute approximate surface area is 224 Å². The van der Waals surface area contributed by atoms with Crippen molar-refractivity contribution in [1.29, 1.82) is 0 Å².